The molecule has 0 radical (unpaired) electrons. The van der Waals surface area contributed by atoms with Crippen LogP contribution in [0.1, 0.15) is 5.56 Å². The molecule has 0 aliphatic rings. The Morgan fingerprint density at radius 2 is 1.92 bits per heavy atom. The van der Waals surface area contributed by atoms with E-state index in [0.29, 0.717) is 5.69 Å². The van der Waals surface area contributed by atoms with Crippen molar-refractivity contribution in [2.45, 2.75) is 11.8 Å². The highest BCUT2D eigenvalue weighted by Crippen LogP contribution is 2.38. The molecule has 0 unspecified atom stereocenters. The van der Waals surface area contributed by atoms with E-state index in [1.165, 1.54) is 4.90 Å². The van der Waals surface area contributed by atoms with E-state index in [0.717, 1.165) is 22.2 Å². The highest BCUT2D eigenvalue weighted by atomic mass is 32.2. The van der Waals surface area contributed by atoms with Crippen molar-refractivity contribution in [2.24, 2.45) is 17.3 Å². The Labute approximate surface area is 155 Å². The van der Waals surface area contributed by atoms with Gasteiger partial charge in [-0.05, 0) is 61.8 Å². The highest BCUT2D eigenvalue weighted by molar-refractivity contribution is 7.98. The number of nitrogens with one attached hydrogen (secondary N) is 1. The molecular weight excluding hydrogens is 352 g/mol. The van der Waals surface area contributed by atoms with Gasteiger partial charge in [0.1, 0.15) is 0 Å². The first-order chi connectivity index (χ1) is 12.0. The number of nitrogens with zero attached hydrogens (tertiary/aromatic N) is 3. The molecule has 0 saturated heterocycles. The summed E-state index contributed by atoms with van der Waals surface area (Å²) in [6, 6.07) is 13.8. The number of fused-ring (bicyclic) bond motifs is 1. The molecule has 1 aromatic heterocycles. The largest absolute Gasteiger partial charge is 0.493 e. The summed E-state index contributed by atoms with van der Waals surface area (Å²) in [6.45, 7) is 1.99. The lowest BCUT2D eigenvalue weighted by Gasteiger charge is -2.03. The molecule has 1 heterocycles. The quantitative estimate of drug-likeness (QED) is 0.368. The van der Waals surface area contributed by atoms with Crippen molar-refractivity contribution in [3.63, 3.8) is 0 Å². The lowest BCUT2D eigenvalue weighted by Crippen LogP contribution is -2.04. The number of benzene rings is 2. The number of thioether (sulfide) groups is 1. The first-order valence-corrected chi connectivity index (χ1v) is 9.27. The number of azo groups is 1. The van der Waals surface area contributed by atoms with Crippen molar-refractivity contribution in [2.75, 3.05) is 11.6 Å². The molecule has 3 rings (SSSR count). The van der Waals surface area contributed by atoms with E-state index in [2.05, 4.69) is 15.5 Å². The standard InChI is InChI=1S/C18H18N4OS2/c1-11-4-9-15-14(10-11)16(17(23)22(15)2)20-21-18(24)19-12-5-7-13(25-3)8-6-12/h4-10,23H,1-3H3,(H,19,24). The number of aromatic nitrogens is 1. The summed E-state index contributed by atoms with van der Waals surface area (Å²) in [4.78, 5) is 1.18. The Morgan fingerprint density at radius 1 is 1.20 bits per heavy atom. The minimum Gasteiger partial charge on any atom is -0.493 e. The zero-order valence-electron chi connectivity index (χ0n) is 14.1. The maximum absolute atomic E-state index is 10.3. The molecule has 0 bridgehead atoms. The van der Waals surface area contributed by atoms with E-state index >= 15 is 0 Å². The number of thiocarbonyl (C=S) groups is 1. The fourth-order valence-electron chi connectivity index (χ4n) is 2.54. The molecule has 2 aromatic carbocycles. The molecule has 0 fully saturated rings. The van der Waals surface area contributed by atoms with Gasteiger partial charge in [-0.1, -0.05) is 11.6 Å². The zero-order chi connectivity index (χ0) is 18.0. The van der Waals surface area contributed by atoms with Crippen molar-refractivity contribution in [3.05, 3.63) is 48.0 Å². The van der Waals surface area contributed by atoms with Crippen LogP contribution in [0.3, 0.4) is 0 Å². The van der Waals surface area contributed by atoms with Crippen LogP contribution in [-0.2, 0) is 7.05 Å². The fraction of sp³-hybridized carbons (Fsp3) is 0.167. The highest BCUT2D eigenvalue weighted by Gasteiger charge is 2.14. The van der Waals surface area contributed by atoms with Gasteiger partial charge >= 0.3 is 0 Å². The van der Waals surface area contributed by atoms with Crippen molar-refractivity contribution >= 4 is 51.4 Å². The van der Waals surface area contributed by atoms with E-state index in [-0.39, 0.29) is 11.0 Å². The first kappa shape index (κ1) is 17.4. The second-order valence-electron chi connectivity index (χ2n) is 5.61. The van der Waals surface area contributed by atoms with Crippen molar-refractivity contribution in [1.29, 1.82) is 0 Å². The lowest BCUT2D eigenvalue weighted by molar-refractivity contribution is 0.436. The Morgan fingerprint density at radius 3 is 2.60 bits per heavy atom. The van der Waals surface area contributed by atoms with Gasteiger partial charge in [0.2, 0.25) is 11.0 Å². The summed E-state index contributed by atoms with van der Waals surface area (Å²) in [5.41, 5.74) is 3.25. The summed E-state index contributed by atoms with van der Waals surface area (Å²) in [5.74, 6) is 0.0662. The molecule has 0 saturated carbocycles. The third-order valence-corrected chi connectivity index (χ3v) is 4.81. The minimum atomic E-state index is 0.0662. The predicted octanol–water partition coefficient (Wildman–Crippen LogP) is 5.39. The van der Waals surface area contributed by atoms with Crippen molar-refractivity contribution in [1.82, 2.24) is 4.57 Å². The van der Waals surface area contributed by atoms with Gasteiger partial charge in [0.25, 0.3) is 0 Å². The molecule has 3 aromatic rings. The maximum atomic E-state index is 10.3. The van der Waals surface area contributed by atoms with Crippen LogP contribution >= 0.6 is 24.0 Å². The smallest absolute Gasteiger partial charge is 0.220 e. The van der Waals surface area contributed by atoms with Crippen LogP contribution in [0.4, 0.5) is 11.4 Å². The molecule has 0 amide bonds. The Balaban J connectivity index is 1.83. The van der Waals surface area contributed by atoms with Gasteiger partial charge in [-0.3, -0.25) is 0 Å². The maximum Gasteiger partial charge on any atom is 0.220 e. The second kappa shape index (κ2) is 7.25. The number of hydrogen-bond donors (Lipinski definition) is 2. The number of hydrogen-bond acceptors (Lipinski definition) is 4. The van der Waals surface area contributed by atoms with Crippen molar-refractivity contribution < 1.29 is 5.11 Å². The molecular formula is C18H18N4OS2. The Hall–Kier alpha value is -2.38. The third-order valence-electron chi connectivity index (χ3n) is 3.88. The van der Waals surface area contributed by atoms with Crippen LogP contribution in [0, 0.1) is 6.92 Å². The first-order valence-electron chi connectivity index (χ1n) is 7.64. The Kier molecular flexibility index (Phi) is 5.06. The van der Waals surface area contributed by atoms with Gasteiger partial charge in [0.05, 0.1) is 5.52 Å². The molecule has 25 heavy (non-hydrogen) atoms. The van der Waals surface area contributed by atoms with E-state index in [1.807, 2.05) is 55.6 Å². The monoisotopic (exact) mass is 370 g/mol. The van der Waals surface area contributed by atoms with Gasteiger partial charge < -0.3 is 15.0 Å². The van der Waals surface area contributed by atoms with Crippen LogP contribution in [0.5, 0.6) is 5.88 Å². The third kappa shape index (κ3) is 3.67. The topological polar surface area (TPSA) is 61.9 Å². The summed E-state index contributed by atoms with van der Waals surface area (Å²) in [5, 5.41) is 22.6. The number of rotatable bonds is 3. The average Bonchev–Trinajstić information content (AvgIpc) is 2.84. The van der Waals surface area contributed by atoms with Gasteiger partial charge in [0.15, 0.2) is 5.69 Å². The normalized spacial score (nSPS) is 11.3. The van der Waals surface area contributed by atoms with Crippen molar-refractivity contribution in [3.8, 4) is 5.88 Å². The van der Waals surface area contributed by atoms with Gasteiger partial charge in [0, 0.05) is 23.0 Å². The van der Waals surface area contributed by atoms with Crippen LogP contribution in [0.2, 0.25) is 0 Å². The Bertz CT molecular complexity index is 961. The van der Waals surface area contributed by atoms with Crippen LogP contribution < -0.4 is 5.32 Å². The van der Waals surface area contributed by atoms with Gasteiger partial charge in [-0.2, -0.15) is 0 Å². The van der Waals surface area contributed by atoms with E-state index in [1.54, 1.807) is 23.4 Å². The van der Waals surface area contributed by atoms with Crippen LogP contribution in [0.15, 0.2) is 57.6 Å². The molecule has 128 valence electrons. The molecule has 2 N–H and O–H groups in total. The van der Waals surface area contributed by atoms with Crippen LogP contribution in [0.25, 0.3) is 10.9 Å². The van der Waals surface area contributed by atoms with Gasteiger partial charge in [-0.25, -0.2) is 0 Å². The molecule has 0 aliphatic carbocycles. The van der Waals surface area contributed by atoms with E-state index < -0.39 is 0 Å². The summed E-state index contributed by atoms with van der Waals surface area (Å²) < 4.78 is 1.68. The molecule has 0 atom stereocenters. The minimum absolute atomic E-state index is 0.0662. The lowest BCUT2D eigenvalue weighted by atomic mass is 10.1. The molecule has 0 aliphatic heterocycles. The predicted molar refractivity (Wildman–Crippen MR) is 108 cm³/mol. The summed E-state index contributed by atoms with van der Waals surface area (Å²) >= 11 is 6.91. The van der Waals surface area contributed by atoms with E-state index in [4.69, 9.17) is 12.2 Å². The number of aryl methyl sites for hydroxylation is 2. The SMILES string of the molecule is CSc1ccc(NC(=S)N=Nc2c(O)n(C)c3ccc(C)cc23)cc1. The van der Waals surface area contributed by atoms with Gasteiger partial charge in [-0.15, -0.1) is 22.0 Å². The molecule has 7 heteroatoms. The summed E-state index contributed by atoms with van der Waals surface area (Å²) in [6.07, 6.45) is 2.03. The average molecular weight is 371 g/mol. The number of anilines is 1. The molecule has 5 nitrogen and oxygen atoms in total. The zero-order valence-corrected chi connectivity index (χ0v) is 15.8. The van der Waals surface area contributed by atoms with E-state index in [9.17, 15) is 5.11 Å². The molecule has 0 spiro atoms. The van der Waals surface area contributed by atoms with Crippen LogP contribution in [-0.4, -0.2) is 21.0 Å². The summed E-state index contributed by atoms with van der Waals surface area (Å²) in [7, 11) is 1.79. The second-order valence-corrected chi connectivity index (χ2v) is 6.88. The fourth-order valence-corrected chi connectivity index (χ4v) is 3.11. The number of aromatic hydroxyl groups is 1.